The van der Waals surface area contributed by atoms with Crippen molar-refractivity contribution in [3.05, 3.63) is 242 Å². The molecule has 0 unspecified atom stereocenters. The third-order valence-electron chi connectivity index (χ3n) is 15.3. The Bertz CT molecular complexity index is 4170. The predicted molar refractivity (Wildman–Crippen MR) is 313 cm³/mol. The summed E-state index contributed by atoms with van der Waals surface area (Å²) >= 11 is 0. The van der Waals surface area contributed by atoms with Crippen molar-refractivity contribution in [2.24, 2.45) is 0 Å². The van der Waals surface area contributed by atoms with Gasteiger partial charge in [-0.25, -0.2) is 9.97 Å². The van der Waals surface area contributed by atoms with Gasteiger partial charge in [-0.3, -0.25) is 0 Å². The molecular weight excluding hydrogens is 897 g/mol. The molecule has 14 aromatic rings. The average Bonchev–Trinajstić information content (AvgIpc) is 3.98. The first kappa shape index (κ1) is 43.7. The second-order valence-corrected chi connectivity index (χ2v) is 20.5. The van der Waals surface area contributed by atoms with E-state index in [-0.39, 0.29) is 11.8 Å². The van der Waals surface area contributed by atoms with Gasteiger partial charge in [0.1, 0.15) is 0 Å². The predicted octanol–water partition coefficient (Wildman–Crippen LogP) is 19.0. The summed E-state index contributed by atoms with van der Waals surface area (Å²) in [7, 11) is 0. The third kappa shape index (κ3) is 7.04. The smallest absolute Gasteiger partial charge is 0.0975 e. The summed E-state index contributed by atoms with van der Waals surface area (Å²) in [6.45, 7) is 8.93. The van der Waals surface area contributed by atoms with Gasteiger partial charge in [0.2, 0.25) is 0 Å². The van der Waals surface area contributed by atoms with Gasteiger partial charge in [0.15, 0.2) is 0 Å². The number of aromatic nitrogens is 4. The van der Waals surface area contributed by atoms with E-state index >= 15 is 0 Å². The van der Waals surface area contributed by atoms with Gasteiger partial charge in [-0.1, -0.05) is 185 Å². The highest BCUT2D eigenvalue weighted by atomic mass is 15.0. The van der Waals surface area contributed by atoms with Crippen molar-refractivity contribution in [3.63, 3.8) is 0 Å². The molecular formula is C70H52N4. The van der Waals surface area contributed by atoms with Crippen LogP contribution >= 0.6 is 0 Å². The van der Waals surface area contributed by atoms with Crippen LogP contribution in [0.3, 0.4) is 0 Å². The minimum atomic E-state index is 0.239. The summed E-state index contributed by atoms with van der Waals surface area (Å²) in [4.78, 5) is 11.0. The third-order valence-corrected chi connectivity index (χ3v) is 15.3. The van der Waals surface area contributed by atoms with Gasteiger partial charge >= 0.3 is 0 Å². The van der Waals surface area contributed by atoms with Crippen LogP contribution < -0.4 is 0 Å². The Labute approximate surface area is 430 Å². The van der Waals surface area contributed by atoms with Gasteiger partial charge in [0.25, 0.3) is 0 Å². The molecule has 352 valence electrons. The summed E-state index contributed by atoms with van der Waals surface area (Å²) in [6, 6.07) is 84.7. The Morgan fingerprint density at radius 1 is 0.257 bits per heavy atom. The van der Waals surface area contributed by atoms with Gasteiger partial charge in [0.05, 0.1) is 44.5 Å². The SMILES string of the molecule is CC(C)c1nc2c3ccc(-c4cccc(-c5cccc(-n6c7ccccc7c7ccccc76)c5)c4)cc3c3cc(-c4cccc(-c5cccc(-n6c7ccccc7c7ccccc76)c5)c4)ccc3c2nc1C(C)C. The number of para-hydroxylation sites is 4. The molecule has 0 fully saturated rings. The second kappa shape index (κ2) is 17.3. The molecule has 3 aromatic heterocycles. The molecule has 0 spiro atoms. The van der Waals surface area contributed by atoms with E-state index in [2.05, 4.69) is 267 Å². The quantitative estimate of drug-likeness (QED) is 0.142. The molecule has 0 saturated carbocycles. The van der Waals surface area contributed by atoms with Crippen LogP contribution in [0.2, 0.25) is 0 Å². The summed E-state index contributed by atoms with van der Waals surface area (Å²) in [5, 5.41) is 9.61. The largest absolute Gasteiger partial charge is 0.309 e. The zero-order valence-corrected chi connectivity index (χ0v) is 41.9. The molecule has 0 aliphatic carbocycles. The van der Waals surface area contributed by atoms with Crippen LogP contribution in [0, 0.1) is 0 Å². The van der Waals surface area contributed by atoms with Gasteiger partial charge in [-0.15, -0.1) is 0 Å². The van der Waals surface area contributed by atoms with E-state index in [1.807, 2.05) is 0 Å². The van der Waals surface area contributed by atoms with Crippen LogP contribution in [-0.2, 0) is 0 Å². The Morgan fingerprint density at radius 3 is 0.892 bits per heavy atom. The maximum Gasteiger partial charge on any atom is 0.0975 e. The van der Waals surface area contributed by atoms with E-state index in [1.54, 1.807) is 0 Å². The monoisotopic (exact) mass is 948 g/mol. The maximum absolute atomic E-state index is 5.52. The first-order chi connectivity index (χ1) is 36.3. The lowest BCUT2D eigenvalue weighted by molar-refractivity contribution is 0.738. The molecule has 0 N–H and O–H groups in total. The summed E-state index contributed by atoms with van der Waals surface area (Å²) in [6.07, 6.45) is 0. The van der Waals surface area contributed by atoms with Crippen LogP contribution in [0.4, 0.5) is 0 Å². The highest BCUT2D eigenvalue weighted by Gasteiger charge is 2.21. The number of nitrogens with zero attached hydrogens (tertiary/aromatic N) is 4. The molecule has 0 aliphatic heterocycles. The first-order valence-corrected chi connectivity index (χ1v) is 25.9. The lowest BCUT2D eigenvalue weighted by atomic mass is 9.91. The van der Waals surface area contributed by atoms with Crippen molar-refractivity contribution in [2.45, 2.75) is 39.5 Å². The van der Waals surface area contributed by atoms with E-state index in [1.165, 1.54) is 76.6 Å². The number of hydrogen-bond donors (Lipinski definition) is 0. The molecule has 74 heavy (non-hydrogen) atoms. The molecule has 0 amide bonds. The summed E-state index contributed by atoms with van der Waals surface area (Å²) < 4.78 is 4.79. The van der Waals surface area contributed by atoms with Crippen LogP contribution in [0.1, 0.15) is 50.9 Å². The number of fused-ring (bicyclic) bond motifs is 12. The zero-order chi connectivity index (χ0) is 49.6. The molecule has 0 radical (unpaired) electrons. The zero-order valence-electron chi connectivity index (χ0n) is 41.9. The molecule has 3 heterocycles. The Balaban J connectivity index is 0.899. The van der Waals surface area contributed by atoms with Crippen LogP contribution in [0.25, 0.3) is 132 Å². The lowest BCUT2D eigenvalue weighted by Crippen LogP contribution is -2.06. The minimum absolute atomic E-state index is 0.239. The van der Waals surface area contributed by atoms with Crippen molar-refractivity contribution >= 4 is 76.2 Å². The lowest BCUT2D eigenvalue weighted by Gasteiger charge is -2.18. The van der Waals surface area contributed by atoms with Gasteiger partial charge < -0.3 is 9.13 Å². The average molecular weight is 949 g/mol. The van der Waals surface area contributed by atoms with Gasteiger partial charge in [0, 0.05) is 43.7 Å². The van der Waals surface area contributed by atoms with E-state index in [4.69, 9.17) is 9.97 Å². The van der Waals surface area contributed by atoms with E-state index in [9.17, 15) is 0 Å². The Hall–Kier alpha value is -9.12. The van der Waals surface area contributed by atoms with Crippen LogP contribution in [0.5, 0.6) is 0 Å². The fraction of sp³-hybridized carbons (Fsp3) is 0.0857. The summed E-state index contributed by atoms with van der Waals surface area (Å²) in [5.74, 6) is 0.477. The molecule has 4 heteroatoms. The van der Waals surface area contributed by atoms with E-state index < -0.39 is 0 Å². The minimum Gasteiger partial charge on any atom is -0.309 e. The normalized spacial score (nSPS) is 12.0. The highest BCUT2D eigenvalue weighted by molar-refractivity contribution is 6.24. The molecule has 0 saturated heterocycles. The Morgan fingerprint density at radius 2 is 0.554 bits per heavy atom. The molecule has 0 atom stereocenters. The van der Waals surface area contributed by atoms with Gasteiger partial charge in [-0.05, 0) is 140 Å². The maximum atomic E-state index is 5.52. The standard InChI is InChI=1S/C70H52N4/c1-43(2)67-68(44(3)4)72-70-60-36-34-52(48-20-14-18-46(38-48)50-22-16-24-54(40-50)74-65-31-11-7-27-57(65)58-28-8-12-32-66(58)74)42-62(60)61-41-51(33-35-59(61)69(70)71-67)47-19-13-17-45(37-47)49-21-15-23-53(39-49)73-63-29-9-5-25-55(63)56-26-6-10-30-64(56)73/h5-44H,1-4H3. The fourth-order valence-corrected chi connectivity index (χ4v) is 11.8. The molecule has 0 aliphatic rings. The van der Waals surface area contributed by atoms with Crippen molar-refractivity contribution in [3.8, 4) is 55.9 Å². The molecule has 11 aromatic carbocycles. The molecule has 0 bridgehead atoms. The molecule has 4 nitrogen and oxygen atoms in total. The van der Waals surface area contributed by atoms with E-state index in [0.29, 0.717) is 0 Å². The number of rotatable bonds is 8. The van der Waals surface area contributed by atoms with Crippen LogP contribution in [-0.4, -0.2) is 19.1 Å². The second-order valence-electron chi connectivity index (χ2n) is 20.5. The number of benzene rings is 11. The van der Waals surface area contributed by atoms with Gasteiger partial charge in [-0.2, -0.15) is 0 Å². The van der Waals surface area contributed by atoms with Crippen molar-refractivity contribution in [2.75, 3.05) is 0 Å². The highest BCUT2D eigenvalue weighted by Crippen LogP contribution is 2.42. The van der Waals surface area contributed by atoms with Crippen molar-refractivity contribution < 1.29 is 0 Å². The van der Waals surface area contributed by atoms with Crippen molar-refractivity contribution in [1.82, 2.24) is 19.1 Å². The fourth-order valence-electron chi connectivity index (χ4n) is 11.8. The number of hydrogen-bond acceptors (Lipinski definition) is 2. The van der Waals surface area contributed by atoms with E-state index in [0.717, 1.165) is 66.8 Å². The van der Waals surface area contributed by atoms with Crippen molar-refractivity contribution in [1.29, 1.82) is 0 Å². The first-order valence-electron chi connectivity index (χ1n) is 25.9. The Kier molecular flexibility index (Phi) is 10.2. The van der Waals surface area contributed by atoms with Crippen LogP contribution in [0.15, 0.2) is 231 Å². The topological polar surface area (TPSA) is 35.6 Å². The summed E-state index contributed by atoms with van der Waals surface area (Å²) in [5.41, 5.74) is 20.5. The molecule has 14 rings (SSSR count).